The Kier molecular flexibility index (Phi) is 3.18. The van der Waals surface area contributed by atoms with Crippen LogP contribution in [-0.2, 0) is 9.59 Å². The van der Waals surface area contributed by atoms with Crippen molar-refractivity contribution in [1.29, 1.82) is 0 Å². The molecule has 0 unspecified atom stereocenters. The van der Waals surface area contributed by atoms with E-state index in [0.717, 1.165) is 12.1 Å². The van der Waals surface area contributed by atoms with E-state index in [0.29, 0.717) is 0 Å². The molecule has 2 amide bonds. The van der Waals surface area contributed by atoms with Gasteiger partial charge in [0.15, 0.2) is 23.0 Å². The molecule has 23 heavy (non-hydrogen) atoms. The highest BCUT2D eigenvalue weighted by Gasteiger charge is 2.32. The van der Waals surface area contributed by atoms with Crippen LogP contribution in [0.15, 0.2) is 36.4 Å². The number of rotatable bonds is 2. The molecule has 0 saturated heterocycles. The lowest BCUT2D eigenvalue weighted by atomic mass is 9.96. The van der Waals surface area contributed by atoms with Crippen LogP contribution in [0.3, 0.4) is 0 Å². The molecule has 116 valence electrons. The first-order valence-corrected chi connectivity index (χ1v) is 6.53. The Labute approximate surface area is 129 Å². The van der Waals surface area contributed by atoms with Crippen molar-refractivity contribution >= 4 is 23.0 Å². The van der Waals surface area contributed by atoms with Crippen molar-refractivity contribution in [3.63, 3.8) is 0 Å². The average molecular weight is 313 g/mol. The first kappa shape index (κ1) is 14.5. The van der Waals surface area contributed by atoms with Crippen molar-refractivity contribution in [2.24, 2.45) is 0 Å². The maximum atomic E-state index is 12.1. The Hall–Kier alpha value is -3.48. The predicted molar refractivity (Wildman–Crippen MR) is 79.5 cm³/mol. The van der Waals surface area contributed by atoms with Crippen molar-refractivity contribution in [1.82, 2.24) is 5.32 Å². The molecule has 7 heteroatoms. The van der Waals surface area contributed by atoms with Crippen LogP contribution >= 0.6 is 0 Å². The standard InChI is InChI=1S/C16H11NO6/c18-9-3-1-7(5-11(9)20)13-14(16(23)17-15(13)22)8-2-4-10(19)12(21)6-8/h1-6,18-21H,(H,17,22,23). The maximum absolute atomic E-state index is 12.1. The molecule has 5 N–H and O–H groups in total. The molecule has 0 spiro atoms. The number of phenols is 4. The molecule has 2 aromatic carbocycles. The number of phenolic OH excluding ortho intramolecular Hbond substituents is 4. The highest BCUT2D eigenvalue weighted by atomic mass is 16.3. The minimum Gasteiger partial charge on any atom is -0.504 e. The summed E-state index contributed by atoms with van der Waals surface area (Å²) >= 11 is 0. The van der Waals surface area contributed by atoms with E-state index in [9.17, 15) is 30.0 Å². The summed E-state index contributed by atoms with van der Waals surface area (Å²) in [6, 6.07) is 7.46. The number of imide groups is 1. The Morgan fingerprint density at radius 1 is 0.609 bits per heavy atom. The Bertz CT molecular complexity index is 813. The van der Waals surface area contributed by atoms with Gasteiger partial charge in [0.05, 0.1) is 11.1 Å². The fourth-order valence-corrected chi connectivity index (χ4v) is 2.36. The van der Waals surface area contributed by atoms with Crippen LogP contribution in [0.1, 0.15) is 11.1 Å². The molecule has 1 heterocycles. The molecule has 0 aliphatic carbocycles. The zero-order valence-corrected chi connectivity index (χ0v) is 11.6. The molecule has 0 fully saturated rings. The summed E-state index contributed by atoms with van der Waals surface area (Å²) in [4.78, 5) is 24.1. The zero-order chi connectivity index (χ0) is 16.7. The topological polar surface area (TPSA) is 127 Å². The van der Waals surface area contributed by atoms with Crippen molar-refractivity contribution < 1.29 is 30.0 Å². The first-order chi connectivity index (χ1) is 10.9. The Morgan fingerprint density at radius 3 is 1.35 bits per heavy atom. The van der Waals surface area contributed by atoms with Crippen LogP contribution < -0.4 is 5.32 Å². The predicted octanol–water partition coefficient (Wildman–Crippen LogP) is 1.08. The summed E-state index contributed by atoms with van der Waals surface area (Å²) in [5, 5.41) is 40.0. The van der Waals surface area contributed by atoms with Gasteiger partial charge in [-0.3, -0.25) is 14.9 Å². The molecular formula is C16H11NO6. The number of hydrogen-bond donors (Lipinski definition) is 5. The average Bonchev–Trinajstić information content (AvgIpc) is 2.79. The largest absolute Gasteiger partial charge is 0.504 e. The number of benzene rings is 2. The Balaban J connectivity index is 2.24. The number of aromatic hydroxyl groups is 4. The fourth-order valence-electron chi connectivity index (χ4n) is 2.36. The lowest BCUT2D eigenvalue weighted by Crippen LogP contribution is -2.22. The van der Waals surface area contributed by atoms with Crippen molar-refractivity contribution in [2.45, 2.75) is 0 Å². The smallest absolute Gasteiger partial charge is 0.259 e. The second kappa shape index (κ2) is 5.06. The number of nitrogens with one attached hydrogen (secondary N) is 1. The van der Waals surface area contributed by atoms with Crippen molar-refractivity contribution in [2.75, 3.05) is 0 Å². The van der Waals surface area contributed by atoms with Gasteiger partial charge in [-0.15, -0.1) is 0 Å². The summed E-state index contributed by atoms with van der Waals surface area (Å²) in [6.07, 6.45) is 0. The van der Waals surface area contributed by atoms with Gasteiger partial charge in [-0.2, -0.15) is 0 Å². The molecule has 2 aromatic rings. The second-order valence-electron chi connectivity index (χ2n) is 4.94. The van der Waals surface area contributed by atoms with Gasteiger partial charge in [0, 0.05) is 0 Å². The highest BCUT2D eigenvalue weighted by molar-refractivity contribution is 6.49. The monoisotopic (exact) mass is 313 g/mol. The molecule has 0 saturated carbocycles. The fraction of sp³-hybridized carbons (Fsp3) is 0. The van der Waals surface area contributed by atoms with E-state index >= 15 is 0 Å². The third-order valence-electron chi connectivity index (χ3n) is 3.46. The van der Waals surface area contributed by atoms with Crippen LogP contribution in [0.2, 0.25) is 0 Å². The molecule has 0 bridgehead atoms. The SMILES string of the molecule is O=C1NC(=O)C(c2ccc(O)c(O)c2)=C1c1ccc(O)c(O)c1. The van der Waals surface area contributed by atoms with E-state index < -0.39 is 23.3 Å². The van der Waals surface area contributed by atoms with Gasteiger partial charge in [-0.1, -0.05) is 12.1 Å². The first-order valence-electron chi connectivity index (χ1n) is 6.53. The van der Waals surface area contributed by atoms with Gasteiger partial charge < -0.3 is 20.4 Å². The Morgan fingerprint density at radius 2 is 1.00 bits per heavy atom. The van der Waals surface area contributed by atoms with Gasteiger partial charge in [-0.25, -0.2) is 0 Å². The van der Waals surface area contributed by atoms with E-state index in [-0.39, 0.29) is 33.8 Å². The van der Waals surface area contributed by atoms with Gasteiger partial charge >= 0.3 is 0 Å². The second-order valence-corrected chi connectivity index (χ2v) is 4.94. The van der Waals surface area contributed by atoms with Gasteiger partial charge in [0.25, 0.3) is 11.8 Å². The third kappa shape index (κ3) is 2.34. The molecule has 1 aliphatic heterocycles. The maximum Gasteiger partial charge on any atom is 0.259 e. The van der Waals surface area contributed by atoms with E-state index in [1.165, 1.54) is 24.3 Å². The van der Waals surface area contributed by atoms with E-state index in [1.54, 1.807) is 0 Å². The molecular weight excluding hydrogens is 302 g/mol. The highest BCUT2D eigenvalue weighted by Crippen LogP contribution is 2.37. The van der Waals surface area contributed by atoms with Crippen LogP contribution in [0.5, 0.6) is 23.0 Å². The summed E-state index contributed by atoms with van der Waals surface area (Å²) < 4.78 is 0. The van der Waals surface area contributed by atoms with Crippen LogP contribution in [-0.4, -0.2) is 32.2 Å². The van der Waals surface area contributed by atoms with E-state index in [2.05, 4.69) is 5.32 Å². The minimum atomic E-state index is -0.664. The quantitative estimate of drug-likeness (QED) is 0.417. The molecule has 0 radical (unpaired) electrons. The molecule has 1 aliphatic rings. The van der Waals surface area contributed by atoms with Gasteiger partial charge in [0.1, 0.15) is 0 Å². The van der Waals surface area contributed by atoms with Gasteiger partial charge in [-0.05, 0) is 35.4 Å². The molecule has 7 nitrogen and oxygen atoms in total. The van der Waals surface area contributed by atoms with Crippen LogP contribution in [0.4, 0.5) is 0 Å². The van der Waals surface area contributed by atoms with Crippen LogP contribution in [0.25, 0.3) is 11.1 Å². The summed E-state index contributed by atoms with van der Waals surface area (Å²) in [5.41, 5.74) is 0.447. The summed E-state index contributed by atoms with van der Waals surface area (Å²) in [5.74, 6) is -2.92. The number of carbonyl (C=O) groups excluding carboxylic acids is 2. The summed E-state index contributed by atoms with van der Waals surface area (Å²) in [6.45, 7) is 0. The van der Waals surface area contributed by atoms with Crippen molar-refractivity contribution in [3.8, 4) is 23.0 Å². The van der Waals surface area contributed by atoms with Crippen molar-refractivity contribution in [3.05, 3.63) is 47.5 Å². The molecule has 0 aromatic heterocycles. The molecule has 0 atom stereocenters. The number of hydrogen-bond acceptors (Lipinski definition) is 6. The lowest BCUT2D eigenvalue weighted by molar-refractivity contribution is -0.122. The minimum absolute atomic E-state index is 0.00427. The van der Waals surface area contributed by atoms with Gasteiger partial charge in [0.2, 0.25) is 0 Å². The normalized spacial score (nSPS) is 14.3. The lowest BCUT2D eigenvalue weighted by Gasteiger charge is -2.07. The summed E-state index contributed by atoms with van der Waals surface area (Å²) in [7, 11) is 0. The van der Waals surface area contributed by atoms with Crippen LogP contribution in [0, 0.1) is 0 Å². The number of carbonyl (C=O) groups is 2. The third-order valence-corrected chi connectivity index (χ3v) is 3.46. The molecule has 3 rings (SSSR count). The number of amides is 2. The van der Waals surface area contributed by atoms with E-state index in [4.69, 9.17) is 0 Å². The zero-order valence-electron chi connectivity index (χ0n) is 11.6. The van der Waals surface area contributed by atoms with E-state index in [1.807, 2.05) is 0 Å².